The monoisotopic (exact) mass is 334 g/mol. The van der Waals surface area contributed by atoms with Gasteiger partial charge in [0.25, 0.3) is 0 Å². The normalized spacial score (nSPS) is 23.0. The fourth-order valence-electron chi connectivity index (χ4n) is 3.66. The zero-order chi connectivity index (χ0) is 16.7. The summed E-state index contributed by atoms with van der Waals surface area (Å²) >= 11 is 0. The molecule has 2 amide bonds. The summed E-state index contributed by atoms with van der Waals surface area (Å²) in [4.78, 5) is 28.3. The van der Waals surface area contributed by atoms with Crippen molar-refractivity contribution >= 4 is 17.6 Å². The molecule has 2 fully saturated rings. The average molecular weight is 334 g/mol. The number of nitrogens with zero attached hydrogens (tertiary/aromatic N) is 4. The molecule has 4 heterocycles. The van der Waals surface area contributed by atoms with E-state index in [1.165, 1.54) is 0 Å². The van der Waals surface area contributed by atoms with Gasteiger partial charge >= 0.3 is 0 Å². The highest BCUT2D eigenvalue weighted by Crippen LogP contribution is 2.31. The SMILES string of the molecule is Cc1cc2n(n1)CCC(=O)N2CC(=O)N1CCC2(CC1)OCCO2. The molecule has 130 valence electrons. The average Bonchev–Trinajstić information content (AvgIpc) is 3.17. The van der Waals surface area contributed by atoms with Gasteiger partial charge in [0.05, 0.1) is 25.5 Å². The summed E-state index contributed by atoms with van der Waals surface area (Å²) in [5, 5.41) is 4.37. The summed E-state index contributed by atoms with van der Waals surface area (Å²) in [6.45, 7) is 4.98. The number of anilines is 1. The third kappa shape index (κ3) is 2.69. The molecule has 1 aromatic heterocycles. The van der Waals surface area contributed by atoms with E-state index in [0.29, 0.717) is 57.9 Å². The smallest absolute Gasteiger partial charge is 0.242 e. The van der Waals surface area contributed by atoms with E-state index < -0.39 is 5.79 Å². The molecule has 0 unspecified atom stereocenters. The Morgan fingerprint density at radius 3 is 2.67 bits per heavy atom. The fourth-order valence-corrected chi connectivity index (χ4v) is 3.66. The lowest BCUT2D eigenvalue weighted by atomic mass is 10.0. The van der Waals surface area contributed by atoms with Crippen LogP contribution in [-0.4, -0.2) is 65.1 Å². The zero-order valence-electron chi connectivity index (χ0n) is 13.9. The lowest BCUT2D eigenvalue weighted by molar-refractivity contribution is -0.187. The van der Waals surface area contributed by atoms with Gasteiger partial charge in [0.1, 0.15) is 12.4 Å². The van der Waals surface area contributed by atoms with Gasteiger partial charge in [-0.05, 0) is 6.92 Å². The van der Waals surface area contributed by atoms with Crippen molar-refractivity contribution in [3.05, 3.63) is 11.8 Å². The van der Waals surface area contributed by atoms with E-state index in [-0.39, 0.29) is 18.4 Å². The second kappa shape index (κ2) is 5.86. The molecule has 1 spiro atoms. The highest BCUT2D eigenvalue weighted by Gasteiger charge is 2.41. The van der Waals surface area contributed by atoms with E-state index in [0.717, 1.165) is 5.69 Å². The summed E-state index contributed by atoms with van der Waals surface area (Å²) in [5.74, 6) is 0.163. The molecule has 0 N–H and O–H groups in total. The maximum Gasteiger partial charge on any atom is 0.242 e. The predicted octanol–water partition coefficient (Wildman–Crippen LogP) is 0.294. The molecule has 0 bridgehead atoms. The first-order valence-electron chi connectivity index (χ1n) is 8.47. The quantitative estimate of drug-likeness (QED) is 0.777. The van der Waals surface area contributed by atoms with Crippen molar-refractivity contribution < 1.29 is 19.1 Å². The lowest BCUT2D eigenvalue weighted by Crippen LogP contribution is -2.51. The third-order valence-electron chi connectivity index (χ3n) is 4.98. The number of piperidine rings is 1. The van der Waals surface area contributed by atoms with Gasteiger partial charge in [-0.15, -0.1) is 0 Å². The number of aromatic nitrogens is 2. The van der Waals surface area contributed by atoms with Crippen LogP contribution in [0.25, 0.3) is 0 Å². The molecule has 0 radical (unpaired) electrons. The van der Waals surface area contributed by atoms with Gasteiger partial charge in [-0.3, -0.25) is 14.5 Å². The van der Waals surface area contributed by atoms with Crippen LogP contribution in [-0.2, 0) is 25.6 Å². The Hall–Kier alpha value is -1.93. The molecule has 0 aromatic carbocycles. The second-order valence-corrected chi connectivity index (χ2v) is 6.59. The van der Waals surface area contributed by atoms with Gasteiger partial charge in [-0.1, -0.05) is 0 Å². The van der Waals surface area contributed by atoms with Crippen LogP contribution in [0.3, 0.4) is 0 Å². The van der Waals surface area contributed by atoms with Gasteiger partial charge in [0.15, 0.2) is 5.79 Å². The first-order valence-corrected chi connectivity index (χ1v) is 8.47. The van der Waals surface area contributed by atoms with E-state index in [4.69, 9.17) is 9.47 Å². The number of amides is 2. The van der Waals surface area contributed by atoms with Crippen LogP contribution in [0, 0.1) is 6.92 Å². The van der Waals surface area contributed by atoms with E-state index in [1.54, 1.807) is 14.5 Å². The zero-order valence-corrected chi connectivity index (χ0v) is 13.9. The fraction of sp³-hybridized carbons (Fsp3) is 0.688. The summed E-state index contributed by atoms with van der Waals surface area (Å²) in [6.07, 6.45) is 1.75. The van der Waals surface area contributed by atoms with Crippen molar-refractivity contribution in [2.24, 2.45) is 0 Å². The van der Waals surface area contributed by atoms with Crippen LogP contribution in [0.1, 0.15) is 25.0 Å². The van der Waals surface area contributed by atoms with Crippen molar-refractivity contribution in [2.45, 2.75) is 38.5 Å². The Balaban J connectivity index is 1.42. The second-order valence-electron chi connectivity index (χ2n) is 6.59. The summed E-state index contributed by atoms with van der Waals surface area (Å²) < 4.78 is 13.2. The Bertz CT molecular complexity index is 655. The van der Waals surface area contributed by atoms with Crippen LogP contribution in [0.4, 0.5) is 5.82 Å². The minimum absolute atomic E-state index is 0.0216. The molecule has 3 aliphatic rings. The molecule has 0 atom stereocenters. The van der Waals surface area contributed by atoms with E-state index in [1.807, 2.05) is 13.0 Å². The van der Waals surface area contributed by atoms with E-state index in [9.17, 15) is 9.59 Å². The molecular formula is C16H22N4O4. The largest absolute Gasteiger partial charge is 0.347 e. The van der Waals surface area contributed by atoms with Crippen LogP contribution in [0.2, 0.25) is 0 Å². The third-order valence-corrected chi connectivity index (χ3v) is 4.98. The molecular weight excluding hydrogens is 312 g/mol. The molecule has 0 aliphatic carbocycles. The predicted molar refractivity (Wildman–Crippen MR) is 84.4 cm³/mol. The standard InChI is InChI=1S/C16H22N4O4/c1-12-10-13-19(14(21)2-5-20(13)17-12)11-15(22)18-6-3-16(4-7-18)23-8-9-24-16/h10H,2-9,11H2,1H3. The Morgan fingerprint density at radius 1 is 1.25 bits per heavy atom. The van der Waals surface area contributed by atoms with Crippen molar-refractivity contribution in [1.29, 1.82) is 0 Å². The van der Waals surface area contributed by atoms with Crippen LogP contribution < -0.4 is 4.90 Å². The molecule has 8 heteroatoms. The number of hydrogen-bond acceptors (Lipinski definition) is 5. The number of ether oxygens (including phenoxy) is 2. The maximum atomic E-state index is 12.7. The van der Waals surface area contributed by atoms with Gasteiger partial charge in [-0.25, -0.2) is 4.68 Å². The minimum atomic E-state index is -0.493. The summed E-state index contributed by atoms with van der Waals surface area (Å²) in [7, 11) is 0. The van der Waals surface area contributed by atoms with Gasteiger partial charge in [0.2, 0.25) is 11.8 Å². The number of rotatable bonds is 2. The first-order chi connectivity index (χ1) is 11.6. The Kier molecular flexibility index (Phi) is 3.80. The molecule has 0 saturated carbocycles. The highest BCUT2D eigenvalue weighted by molar-refractivity contribution is 5.99. The van der Waals surface area contributed by atoms with Crippen LogP contribution >= 0.6 is 0 Å². The van der Waals surface area contributed by atoms with E-state index >= 15 is 0 Å². The number of aryl methyl sites for hydroxylation is 2. The Labute approximate surface area is 140 Å². The van der Waals surface area contributed by atoms with E-state index in [2.05, 4.69) is 5.10 Å². The molecule has 2 saturated heterocycles. The maximum absolute atomic E-state index is 12.7. The van der Waals surface area contributed by atoms with Gasteiger partial charge < -0.3 is 14.4 Å². The molecule has 8 nitrogen and oxygen atoms in total. The molecule has 1 aromatic rings. The highest BCUT2D eigenvalue weighted by atomic mass is 16.7. The van der Waals surface area contributed by atoms with Crippen molar-refractivity contribution in [3.63, 3.8) is 0 Å². The summed E-state index contributed by atoms with van der Waals surface area (Å²) in [6, 6.07) is 1.86. The first kappa shape index (κ1) is 15.6. The van der Waals surface area contributed by atoms with Crippen LogP contribution in [0.15, 0.2) is 6.07 Å². The van der Waals surface area contributed by atoms with Crippen molar-refractivity contribution in [3.8, 4) is 0 Å². The molecule has 3 aliphatic heterocycles. The number of carbonyl (C=O) groups excluding carboxylic acids is 2. The van der Waals surface area contributed by atoms with Crippen LogP contribution in [0.5, 0.6) is 0 Å². The van der Waals surface area contributed by atoms with Crippen molar-refractivity contribution in [2.75, 3.05) is 37.7 Å². The topological polar surface area (TPSA) is 76.9 Å². The number of carbonyl (C=O) groups is 2. The van der Waals surface area contributed by atoms with Gasteiger partial charge in [-0.2, -0.15) is 5.10 Å². The van der Waals surface area contributed by atoms with Crippen molar-refractivity contribution in [1.82, 2.24) is 14.7 Å². The summed E-state index contributed by atoms with van der Waals surface area (Å²) in [5.41, 5.74) is 0.854. The number of fused-ring (bicyclic) bond motifs is 1. The lowest BCUT2D eigenvalue weighted by Gasteiger charge is -2.38. The Morgan fingerprint density at radius 2 is 1.96 bits per heavy atom. The number of hydrogen-bond donors (Lipinski definition) is 0. The molecule has 24 heavy (non-hydrogen) atoms. The van der Waals surface area contributed by atoms with Gasteiger partial charge in [0, 0.05) is 38.4 Å². The molecule has 4 rings (SSSR count). The number of likely N-dealkylation sites (tertiary alicyclic amines) is 1. The minimum Gasteiger partial charge on any atom is -0.347 e.